The van der Waals surface area contributed by atoms with E-state index in [2.05, 4.69) is 15.3 Å². The Labute approximate surface area is 179 Å². The number of carbonyl (C=O) groups is 1. The van der Waals surface area contributed by atoms with Crippen molar-refractivity contribution in [3.05, 3.63) is 65.4 Å². The molecule has 0 aliphatic heterocycles. The van der Waals surface area contributed by atoms with E-state index in [0.717, 1.165) is 47.7 Å². The van der Waals surface area contributed by atoms with Crippen LogP contribution in [0.15, 0.2) is 42.7 Å². The summed E-state index contributed by atoms with van der Waals surface area (Å²) in [5.74, 6) is 0.509. The molecule has 8 heteroatoms. The average molecular weight is 416 g/mol. The molecule has 1 amide bonds. The van der Waals surface area contributed by atoms with E-state index in [4.69, 9.17) is 5.10 Å². The number of pyridine rings is 2. The highest BCUT2D eigenvalue weighted by atomic mass is 16.3. The van der Waals surface area contributed by atoms with E-state index in [1.807, 2.05) is 48.1 Å². The molecule has 4 aromatic rings. The summed E-state index contributed by atoms with van der Waals surface area (Å²) in [7, 11) is 0. The predicted octanol–water partition coefficient (Wildman–Crippen LogP) is 2.49. The molecule has 5 rings (SSSR count). The minimum atomic E-state index is -0.613. The first kappa shape index (κ1) is 19.4. The maximum absolute atomic E-state index is 12.6. The standard InChI is InChI=1S/C23H24N6O2/c1-14-5-3-8-21(26-14)29-22(17-6-4-7-18(17)27-29)16-9-10-20-24-12-19(28(20)13-16)23(31)25-11-15(2)30/h3,5,8-10,12-13,15,30H,4,6-7,11H2,1-2H3,(H,25,31). The second kappa shape index (κ2) is 7.63. The lowest BCUT2D eigenvalue weighted by Gasteiger charge is -2.11. The van der Waals surface area contributed by atoms with Crippen molar-refractivity contribution in [2.45, 2.75) is 39.2 Å². The number of amides is 1. The van der Waals surface area contributed by atoms with Gasteiger partial charge in [-0.2, -0.15) is 5.10 Å². The topological polar surface area (TPSA) is 97.3 Å². The van der Waals surface area contributed by atoms with E-state index < -0.39 is 6.10 Å². The lowest BCUT2D eigenvalue weighted by atomic mass is 10.1. The van der Waals surface area contributed by atoms with Crippen molar-refractivity contribution in [2.75, 3.05) is 6.54 Å². The molecule has 0 fully saturated rings. The van der Waals surface area contributed by atoms with Crippen LogP contribution >= 0.6 is 0 Å². The van der Waals surface area contributed by atoms with Crippen molar-refractivity contribution in [1.29, 1.82) is 0 Å². The molecule has 0 saturated carbocycles. The SMILES string of the molecule is Cc1cccc(-n2nc3c(c2-c2ccc4ncc(C(=O)NCC(C)O)n4c2)CCC3)n1. The van der Waals surface area contributed by atoms with Crippen molar-refractivity contribution in [2.24, 2.45) is 0 Å². The van der Waals surface area contributed by atoms with Crippen LogP contribution in [-0.2, 0) is 12.8 Å². The summed E-state index contributed by atoms with van der Waals surface area (Å²) in [5.41, 5.74) is 6.35. The van der Waals surface area contributed by atoms with E-state index in [9.17, 15) is 9.90 Å². The van der Waals surface area contributed by atoms with E-state index in [0.29, 0.717) is 11.3 Å². The molecule has 31 heavy (non-hydrogen) atoms. The highest BCUT2D eigenvalue weighted by molar-refractivity contribution is 5.93. The lowest BCUT2D eigenvalue weighted by molar-refractivity contribution is 0.0918. The van der Waals surface area contributed by atoms with E-state index in [1.165, 1.54) is 5.56 Å². The van der Waals surface area contributed by atoms with Gasteiger partial charge in [-0.3, -0.25) is 9.20 Å². The Bertz CT molecular complexity index is 1290. The van der Waals surface area contributed by atoms with Gasteiger partial charge in [0.2, 0.25) is 0 Å². The fourth-order valence-corrected chi connectivity index (χ4v) is 4.12. The molecule has 4 heterocycles. The van der Waals surface area contributed by atoms with Gasteiger partial charge in [-0.15, -0.1) is 0 Å². The monoisotopic (exact) mass is 416 g/mol. The number of hydrogen-bond acceptors (Lipinski definition) is 5. The Morgan fingerprint density at radius 2 is 2.13 bits per heavy atom. The maximum atomic E-state index is 12.6. The highest BCUT2D eigenvalue weighted by Gasteiger charge is 2.25. The molecule has 0 spiro atoms. The van der Waals surface area contributed by atoms with Gasteiger partial charge in [0.05, 0.1) is 23.7 Å². The summed E-state index contributed by atoms with van der Waals surface area (Å²) in [6.45, 7) is 3.79. The summed E-state index contributed by atoms with van der Waals surface area (Å²) >= 11 is 0. The van der Waals surface area contributed by atoms with Gasteiger partial charge in [-0.05, 0) is 57.4 Å². The summed E-state index contributed by atoms with van der Waals surface area (Å²) in [5, 5.41) is 17.1. The molecule has 1 atom stereocenters. The van der Waals surface area contributed by atoms with Crippen molar-refractivity contribution in [3.8, 4) is 17.1 Å². The van der Waals surface area contributed by atoms with Gasteiger partial charge in [-0.25, -0.2) is 14.6 Å². The zero-order valence-corrected chi connectivity index (χ0v) is 17.5. The van der Waals surface area contributed by atoms with E-state index >= 15 is 0 Å². The Balaban J connectivity index is 1.63. The summed E-state index contributed by atoms with van der Waals surface area (Å²) in [6, 6.07) is 9.84. The molecule has 1 unspecified atom stereocenters. The summed E-state index contributed by atoms with van der Waals surface area (Å²) in [6.07, 6.45) is 5.90. The fourth-order valence-electron chi connectivity index (χ4n) is 4.12. The van der Waals surface area contributed by atoms with Crippen LogP contribution in [0.4, 0.5) is 0 Å². The zero-order valence-electron chi connectivity index (χ0n) is 17.5. The van der Waals surface area contributed by atoms with Crippen LogP contribution in [0.3, 0.4) is 0 Å². The largest absolute Gasteiger partial charge is 0.392 e. The van der Waals surface area contributed by atoms with Crippen LogP contribution < -0.4 is 5.32 Å². The quantitative estimate of drug-likeness (QED) is 0.521. The van der Waals surface area contributed by atoms with Crippen LogP contribution in [0.1, 0.15) is 40.8 Å². The third kappa shape index (κ3) is 3.48. The number of hydrogen-bond donors (Lipinski definition) is 2. The third-order valence-electron chi connectivity index (χ3n) is 5.57. The van der Waals surface area contributed by atoms with Gasteiger partial charge >= 0.3 is 0 Å². The van der Waals surface area contributed by atoms with Crippen LogP contribution in [0.25, 0.3) is 22.7 Å². The molecular weight excluding hydrogens is 392 g/mol. The number of nitrogens with one attached hydrogen (secondary N) is 1. The van der Waals surface area contributed by atoms with Crippen molar-refractivity contribution in [1.82, 2.24) is 29.5 Å². The van der Waals surface area contributed by atoms with Gasteiger partial charge in [-0.1, -0.05) is 6.07 Å². The van der Waals surface area contributed by atoms with Gasteiger partial charge in [0.1, 0.15) is 11.3 Å². The first-order valence-electron chi connectivity index (χ1n) is 10.5. The maximum Gasteiger partial charge on any atom is 0.270 e. The normalized spacial score (nSPS) is 14.0. The van der Waals surface area contributed by atoms with E-state index in [-0.39, 0.29) is 12.5 Å². The molecular formula is C23H24N6O2. The molecule has 4 aromatic heterocycles. The number of aliphatic hydroxyl groups excluding tert-OH is 1. The lowest BCUT2D eigenvalue weighted by Crippen LogP contribution is -2.31. The fraction of sp³-hybridized carbons (Fsp3) is 0.304. The average Bonchev–Trinajstić information content (AvgIpc) is 3.45. The number of imidazole rings is 1. The van der Waals surface area contributed by atoms with Crippen molar-refractivity contribution >= 4 is 11.6 Å². The molecule has 0 radical (unpaired) electrons. The van der Waals surface area contributed by atoms with E-state index in [1.54, 1.807) is 17.5 Å². The van der Waals surface area contributed by atoms with Gasteiger partial charge in [0.15, 0.2) is 5.82 Å². The van der Waals surface area contributed by atoms with Crippen LogP contribution in [0.2, 0.25) is 0 Å². The van der Waals surface area contributed by atoms with Crippen LogP contribution in [0.5, 0.6) is 0 Å². The van der Waals surface area contributed by atoms with Crippen LogP contribution in [0, 0.1) is 6.92 Å². The Morgan fingerprint density at radius 1 is 1.26 bits per heavy atom. The minimum Gasteiger partial charge on any atom is -0.392 e. The predicted molar refractivity (Wildman–Crippen MR) is 116 cm³/mol. The van der Waals surface area contributed by atoms with Gasteiger partial charge in [0, 0.05) is 29.6 Å². The molecule has 1 aliphatic carbocycles. The molecule has 0 saturated heterocycles. The summed E-state index contributed by atoms with van der Waals surface area (Å²) < 4.78 is 3.71. The van der Waals surface area contributed by atoms with Crippen molar-refractivity contribution < 1.29 is 9.90 Å². The second-order valence-electron chi connectivity index (χ2n) is 8.02. The first-order valence-corrected chi connectivity index (χ1v) is 10.5. The Morgan fingerprint density at radius 3 is 2.94 bits per heavy atom. The van der Waals surface area contributed by atoms with Crippen molar-refractivity contribution in [3.63, 3.8) is 0 Å². The van der Waals surface area contributed by atoms with Crippen LogP contribution in [-0.4, -0.2) is 47.8 Å². The Kier molecular flexibility index (Phi) is 4.78. The second-order valence-corrected chi connectivity index (χ2v) is 8.02. The van der Waals surface area contributed by atoms with Gasteiger partial charge in [0.25, 0.3) is 5.91 Å². The third-order valence-corrected chi connectivity index (χ3v) is 5.57. The first-order chi connectivity index (χ1) is 15.0. The van der Waals surface area contributed by atoms with Gasteiger partial charge < -0.3 is 10.4 Å². The number of aromatic nitrogens is 5. The molecule has 2 N–H and O–H groups in total. The Hall–Kier alpha value is -3.52. The number of rotatable bonds is 5. The number of carbonyl (C=O) groups excluding carboxylic acids is 1. The molecule has 158 valence electrons. The molecule has 8 nitrogen and oxygen atoms in total. The zero-order chi connectivity index (χ0) is 21.5. The highest BCUT2D eigenvalue weighted by Crippen LogP contribution is 2.34. The number of nitrogens with zero attached hydrogens (tertiary/aromatic N) is 5. The summed E-state index contributed by atoms with van der Waals surface area (Å²) in [4.78, 5) is 21.7. The smallest absolute Gasteiger partial charge is 0.270 e. The minimum absolute atomic E-state index is 0.186. The number of fused-ring (bicyclic) bond motifs is 2. The molecule has 1 aliphatic rings. The molecule has 0 aromatic carbocycles. The number of aliphatic hydroxyl groups is 1. The molecule has 0 bridgehead atoms. The number of aryl methyl sites for hydroxylation is 2.